The highest BCUT2D eigenvalue weighted by atomic mass is 16.4. The summed E-state index contributed by atoms with van der Waals surface area (Å²) in [5.74, 6) is -12.2. The van der Waals surface area contributed by atoms with Crippen molar-refractivity contribution in [2.45, 2.75) is 173 Å². The Labute approximate surface area is 505 Å². The van der Waals surface area contributed by atoms with Crippen LogP contribution in [0.5, 0.6) is 0 Å². The second kappa shape index (κ2) is 35.0. The predicted molar refractivity (Wildman–Crippen MR) is 318 cm³/mol. The van der Waals surface area contributed by atoms with Gasteiger partial charge in [0.25, 0.3) is 0 Å². The second-order valence-corrected chi connectivity index (χ2v) is 22.6. The van der Waals surface area contributed by atoms with E-state index in [0.717, 1.165) is 0 Å². The maximum atomic E-state index is 14.9. The number of amides is 11. The minimum Gasteiger partial charge on any atom is -0.480 e. The molecule has 476 valence electrons. The molecule has 0 aliphatic carbocycles. The molecular formula is C59H87N15O13. The average Bonchev–Trinajstić information content (AvgIpc) is 3.90. The molecule has 1 saturated heterocycles. The van der Waals surface area contributed by atoms with Crippen molar-refractivity contribution in [2.24, 2.45) is 40.7 Å². The molecular weight excluding hydrogens is 1130 g/mol. The van der Waals surface area contributed by atoms with Crippen molar-refractivity contribution in [3.05, 3.63) is 90.0 Å². The number of nitrogens with two attached hydrogens (primary N) is 4. The topological polar surface area (TPSA) is 457 Å². The average molecular weight is 1210 g/mol. The number of aliphatic carboxylic acids is 1. The van der Waals surface area contributed by atoms with Gasteiger partial charge in [-0.15, -0.1) is 0 Å². The van der Waals surface area contributed by atoms with E-state index in [0.29, 0.717) is 36.1 Å². The van der Waals surface area contributed by atoms with Gasteiger partial charge >= 0.3 is 5.97 Å². The zero-order valence-corrected chi connectivity index (χ0v) is 50.2. The molecule has 0 bridgehead atoms. The number of H-pyrrole nitrogens is 1. The number of hydrogen-bond acceptors (Lipinski definition) is 15. The Hall–Kier alpha value is -8.79. The number of rotatable bonds is 36. The zero-order chi connectivity index (χ0) is 64.5. The number of unbranched alkanes of at least 4 members (excludes halogenated alkanes) is 1. The third-order valence-corrected chi connectivity index (χ3v) is 14.9. The maximum absolute atomic E-state index is 14.9. The number of aromatic nitrogens is 2. The number of primary amides is 2. The first kappa shape index (κ1) is 70.7. The van der Waals surface area contributed by atoms with Gasteiger partial charge in [-0.05, 0) is 67.5 Å². The van der Waals surface area contributed by atoms with Gasteiger partial charge in [0.1, 0.15) is 54.4 Å². The van der Waals surface area contributed by atoms with Crippen molar-refractivity contribution in [3.8, 4) is 0 Å². The minimum absolute atomic E-state index is 0.0388. The fraction of sp³-hybridized carbons (Fsp3) is 0.542. The Balaban J connectivity index is 1.64. The smallest absolute Gasteiger partial charge is 0.326 e. The van der Waals surface area contributed by atoms with Crippen molar-refractivity contribution in [2.75, 3.05) is 13.1 Å². The Morgan fingerprint density at radius 2 is 1.06 bits per heavy atom. The lowest BCUT2D eigenvalue weighted by molar-refractivity contribution is -0.144. The highest BCUT2D eigenvalue weighted by Crippen LogP contribution is 2.20. The van der Waals surface area contributed by atoms with Crippen LogP contribution in [0, 0.1) is 17.8 Å². The van der Waals surface area contributed by atoms with E-state index in [-0.39, 0.29) is 51.6 Å². The molecule has 1 aromatic heterocycles. The van der Waals surface area contributed by atoms with Crippen LogP contribution in [0.2, 0.25) is 0 Å². The lowest BCUT2D eigenvalue weighted by atomic mass is 9.98. The van der Waals surface area contributed by atoms with Crippen LogP contribution in [0.3, 0.4) is 0 Å². The monoisotopic (exact) mass is 1210 g/mol. The number of carbonyl (C=O) groups is 12. The van der Waals surface area contributed by atoms with E-state index in [2.05, 4.69) is 52.5 Å². The number of benzene rings is 2. The first-order chi connectivity index (χ1) is 41.2. The van der Waals surface area contributed by atoms with Gasteiger partial charge in [-0.3, -0.25) is 52.7 Å². The third kappa shape index (κ3) is 22.5. The van der Waals surface area contributed by atoms with Gasteiger partial charge in [0.2, 0.25) is 65.0 Å². The van der Waals surface area contributed by atoms with Crippen molar-refractivity contribution in [1.82, 2.24) is 57.4 Å². The summed E-state index contributed by atoms with van der Waals surface area (Å²) in [7, 11) is 0. The number of carboxylic acid groups (broad SMARTS) is 1. The summed E-state index contributed by atoms with van der Waals surface area (Å²) in [6.07, 6.45) is 2.87. The third-order valence-electron chi connectivity index (χ3n) is 14.9. The molecule has 1 aliphatic heterocycles. The number of nitrogens with zero attached hydrogens (tertiary/aromatic N) is 2. The van der Waals surface area contributed by atoms with Gasteiger partial charge in [-0.2, -0.15) is 0 Å². The summed E-state index contributed by atoms with van der Waals surface area (Å²) < 4.78 is 0. The van der Waals surface area contributed by atoms with Crippen LogP contribution in [0.4, 0.5) is 0 Å². The van der Waals surface area contributed by atoms with E-state index in [1.165, 1.54) is 17.4 Å². The lowest BCUT2D eigenvalue weighted by Gasteiger charge is -2.31. The number of likely N-dealkylation sites (tertiary alicyclic amines) is 1. The summed E-state index contributed by atoms with van der Waals surface area (Å²) in [5.41, 5.74) is 24.0. The van der Waals surface area contributed by atoms with Crippen molar-refractivity contribution < 1.29 is 62.6 Å². The largest absolute Gasteiger partial charge is 0.480 e. The van der Waals surface area contributed by atoms with Crippen LogP contribution in [-0.4, -0.2) is 164 Å². The summed E-state index contributed by atoms with van der Waals surface area (Å²) in [4.78, 5) is 172. The fourth-order valence-corrected chi connectivity index (χ4v) is 9.79. The molecule has 4 rings (SSSR count). The van der Waals surface area contributed by atoms with E-state index in [1.54, 1.807) is 102 Å². The molecule has 2 aromatic carbocycles. The molecule has 1 fully saturated rings. The first-order valence-corrected chi connectivity index (χ1v) is 29.3. The minimum atomic E-state index is -1.65. The molecule has 0 radical (unpaired) electrons. The number of carbonyl (C=O) groups excluding carboxylic acids is 11. The van der Waals surface area contributed by atoms with Gasteiger partial charge in [0, 0.05) is 37.7 Å². The molecule has 28 heteroatoms. The van der Waals surface area contributed by atoms with E-state index < -0.39 is 162 Å². The Morgan fingerprint density at radius 3 is 1.54 bits per heavy atom. The van der Waals surface area contributed by atoms with Gasteiger partial charge in [-0.1, -0.05) is 109 Å². The molecule has 18 N–H and O–H groups in total. The van der Waals surface area contributed by atoms with Gasteiger partial charge < -0.3 is 80.5 Å². The SMILES string of the molecule is CC[C@H](C)[C@H](NC(=O)[C@H](CC(N)=O)NC(=O)[C@H](CCCCN)NC(=O)[C@H](Cc1ccccc1)NC(=O)[C@H](Cc1ccccc1)NC(=O)[C@H](Cc1cnc[nH]1)NC(=O)[C@@H](NC(=O)[C@@H](NC(=O)[C@@H]1CCCN1C(=O)[C@@H](N)CC(N)=O)C(C)C)C(C)C)C(=O)O. The number of carboxylic acids is 1. The standard InChI is InChI=1S/C59H87N15O13/c1-7-34(6)49(59(86)87)73-54(81)43(29-46(63)76)69-50(77)39(21-14-15-23-60)66-51(78)40(25-35-17-10-8-11-18-35)67-52(79)41(26-36-19-12-9-13-20-36)68-53(80)42(27-37-30-64-31-65-37)70-56(83)47(32(2)3)72-57(84)48(33(4)5)71-55(82)44-22-16-24-74(44)58(85)38(61)28-45(62)75/h8-13,17-20,30-34,38-44,47-49H,7,14-16,21-29,60-61H2,1-6H3,(H2,62,75)(H2,63,76)(H,64,65)(H,66,78)(H,67,79)(H,68,80)(H,69,77)(H,70,83)(H,71,82)(H,72,84)(H,73,81)(H,86,87)/t34-,38-,39-,40-,41-,42-,43-,44-,47-,48-,49-/m0/s1. The summed E-state index contributed by atoms with van der Waals surface area (Å²) in [6.45, 7) is 10.4. The van der Waals surface area contributed by atoms with Crippen molar-refractivity contribution in [3.63, 3.8) is 0 Å². The number of nitrogens with one attached hydrogen (secondary N) is 9. The number of imidazole rings is 1. The van der Waals surface area contributed by atoms with E-state index in [9.17, 15) is 62.6 Å². The first-order valence-electron chi connectivity index (χ1n) is 29.3. The summed E-state index contributed by atoms with van der Waals surface area (Å²) in [5, 5.41) is 31.1. The van der Waals surface area contributed by atoms with Crippen LogP contribution in [0.25, 0.3) is 0 Å². The van der Waals surface area contributed by atoms with Crippen LogP contribution >= 0.6 is 0 Å². The fourth-order valence-electron chi connectivity index (χ4n) is 9.79. The molecule has 11 atom stereocenters. The van der Waals surface area contributed by atoms with Gasteiger partial charge in [-0.25, -0.2) is 9.78 Å². The zero-order valence-electron chi connectivity index (χ0n) is 50.2. The Kier molecular flexibility index (Phi) is 28.4. The van der Waals surface area contributed by atoms with Crippen LogP contribution < -0.4 is 65.5 Å². The number of hydrogen-bond donors (Lipinski definition) is 14. The van der Waals surface area contributed by atoms with Gasteiger partial charge in [0.05, 0.1) is 25.2 Å². The molecule has 2 heterocycles. The number of aromatic amines is 1. The van der Waals surface area contributed by atoms with Crippen molar-refractivity contribution >= 4 is 70.9 Å². The molecule has 28 nitrogen and oxygen atoms in total. The van der Waals surface area contributed by atoms with E-state index in [1.807, 2.05) is 0 Å². The summed E-state index contributed by atoms with van der Waals surface area (Å²) >= 11 is 0. The molecule has 87 heavy (non-hydrogen) atoms. The molecule has 3 aromatic rings. The molecule has 0 spiro atoms. The highest BCUT2D eigenvalue weighted by molar-refractivity contribution is 5.99. The maximum Gasteiger partial charge on any atom is 0.326 e. The summed E-state index contributed by atoms with van der Waals surface area (Å²) in [6, 6.07) is 3.58. The van der Waals surface area contributed by atoms with E-state index >= 15 is 0 Å². The van der Waals surface area contributed by atoms with E-state index in [4.69, 9.17) is 22.9 Å². The van der Waals surface area contributed by atoms with Gasteiger partial charge in [0.15, 0.2) is 0 Å². The lowest BCUT2D eigenvalue weighted by Crippen LogP contribution is -2.62. The predicted octanol–water partition coefficient (Wildman–Crippen LogP) is -2.04. The highest BCUT2D eigenvalue weighted by Gasteiger charge is 2.41. The molecule has 1 aliphatic rings. The Morgan fingerprint density at radius 1 is 0.598 bits per heavy atom. The van der Waals surface area contributed by atoms with Crippen LogP contribution in [-0.2, 0) is 76.8 Å². The molecule has 0 saturated carbocycles. The molecule has 11 amide bonds. The second-order valence-electron chi connectivity index (χ2n) is 22.6. The van der Waals surface area contributed by atoms with Crippen molar-refractivity contribution in [1.29, 1.82) is 0 Å². The van der Waals surface area contributed by atoms with Crippen LogP contribution in [0.15, 0.2) is 73.2 Å². The normalized spacial score (nSPS) is 16.4. The molecule has 0 unspecified atom stereocenters. The Bertz CT molecular complexity index is 2820. The quantitative estimate of drug-likeness (QED) is 0.0279. The van der Waals surface area contributed by atoms with Crippen LogP contribution in [0.1, 0.15) is 110 Å².